The van der Waals surface area contributed by atoms with E-state index in [1.807, 2.05) is 30.3 Å². The van der Waals surface area contributed by atoms with Crippen molar-refractivity contribution in [3.63, 3.8) is 0 Å². The van der Waals surface area contributed by atoms with Crippen LogP contribution in [0.5, 0.6) is 0 Å². The van der Waals surface area contributed by atoms with Crippen molar-refractivity contribution in [1.82, 2.24) is 0 Å². The monoisotopic (exact) mass is 206 g/mol. The summed E-state index contributed by atoms with van der Waals surface area (Å²) in [4.78, 5) is 10.5. The molecule has 0 saturated carbocycles. The van der Waals surface area contributed by atoms with Gasteiger partial charge in [-0.3, -0.25) is 0 Å². The van der Waals surface area contributed by atoms with Crippen molar-refractivity contribution in [2.75, 3.05) is 0 Å². The lowest BCUT2D eigenvalue weighted by Crippen LogP contribution is -2.20. The van der Waals surface area contributed by atoms with Gasteiger partial charge in [0.1, 0.15) is 12.0 Å². The second kappa shape index (κ2) is 4.04. The third-order valence-electron chi connectivity index (χ3n) is 2.00. The summed E-state index contributed by atoms with van der Waals surface area (Å²) in [5, 5.41) is 8.61. The first-order valence-corrected chi connectivity index (χ1v) is 4.53. The van der Waals surface area contributed by atoms with E-state index in [0.29, 0.717) is 12.2 Å². The molecule has 0 amide bonds. The van der Waals surface area contributed by atoms with E-state index < -0.39 is 12.3 Å². The molecule has 1 aromatic rings. The molecule has 78 valence electrons. The van der Waals surface area contributed by atoms with E-state index >= 15 is 0 Å². The Balaban J connectivity index is 1.96. The molecule has 1 N–H and O–H groups in total. The maximum atomic E-state index is 10.5. The van der Waals surface area contributed by atoms with Gasteiger partial charge in [0, 0.05) is 6.42 Å². The van der Waals surface area contributed by atoms with Crippen LogP contribution in [-0.2, 0) is 20.7 Å². The fourth-order valence-electron chi connectivity index (χ4n) is 1.32. The molecule has 0 aromatic heterocycles. The quantitative estimate of drug-likeness (QED) is 0.814. The van der Waals surface area contributed by atoms with Crippen LogP contribution in [0, 0.1) is 0 Å². The van der Waals surface area contributed by atoms with E-state index in [9.17, 15) is 4.79 Å². The Kier molecular flexibility index (Phi) is 2.58. The molecule has 1 aromatic carbocycles. The summed E-state index contributed by atoms with van der Waals surface area (Å²) < 4.78 is 9.88. The van der Waals surface area contributed by atoms with Gasteiger partial charge in [0.2, 0.25) is 0 Å². The number of allylic oxidation sites excluding steroid dienone is 1. The summed E-state index contributed by atoms with van der Waals surface area (Å²) in [5.41, 5.74) is 1.05. The highest BCUT2D eigenvalue weighted by atomic mass is 16.7. The summed E-state index contributed by atoms with van der Waals surface area (Å²) in [7, 11) is 0. The smallest absolute Gasteiger partial charge is 0.387 e. The summed E-state index contributed by atoms with van der Waals surface area (Å²) in [5.74, 6) is -0.581. The first-order chi connectivity index (χ1) is 7.25. The average molecular weight is 206 g/mol. The van der Waals surface area contributed by atoms with E-state index in [4.69, 9.17) is 14.6 Å². The Hall–Kier alpha value is -1.97. The zero-order chi connectivity index (χ0) is 10.7. The van der Waals surface area contributed by atoms with Gasteiger partial charge in [-0.25, -0.2) is 4.79 Å². The van der Waals surface area contributed by atoms with Crippen molar-refractivity contribution < 1.29 is 19.4 Å². The van der Waals surface area contributed by atoms with Gasteiger partial charge in [0.15, 0.2) is 0 Å². The van der Waals surface area contributed by atoms with Gasteiger partial charge in [-0.05, 0) is 5.56 Å². The summed E-state index contributed by atoms with van der Waals surface area (Å²) in [6.07, 6.45) is 0.708. The Morgan fingerprint density at radius 3 is 2.67 bits per heavy atom. The average Bonchev–Trinajstić information content (AvgIpc) is 2.68. The Labute approximate surface area is 86.7 Å². The third-order valence-corrected chi connectivity index (χ3v) is 2.00. The van der Waals surface area contributed by atoms with Gasteiger partial charge >= 0.3 is 12.3 Å². The molecule has 1 aliphatic rings. The zero-order valence-corrected chi connectivity index (χ0v) is 7.92. The minimum atomic E-state index is -1.19. The maximum absolute atomic E-state index is 10.5. The van der Waals surface area contributed by atoms with Crippen LogP contribution < -0.4 is 0 Å². The summed E-state index contributed by atoms with van der Waals surface area (Å²) in [6, 6.07) is 9.64. The van der Waals surface area contributed by atoms with E-state index in [1.54, 1.807) is 0 Å². The Bertz CT molecular complexity index is 383. The van der Waals surface area contributed by atoms with Crippen LogP contribution in [0.4, 0.5) is 0 Å². The van der Waals surface area contributed by atoms with Crippen LogP contribution >= 0.6 is 0 Å². The van der Waals surface area contributed by atoms with Crippen molar-refractivity contribution in [2.45, 2.75) is 12.7 Å². The van der Waals surface area contributed by atoms with Crippen molar-refractivity contribution in [2.24, 2.45) is 0 Å². The van der Waals surface area contributed by atoms with E-state index in [0.717, 1.165) is 5.56 Å². The highest BCUT2D eigenvalue weighted by Gasteiger charge is 2.26. The van der Waals surface area contributed by atoms with Gasteiger partial charge in [0.25, 0.3) is 0 Å². The van der Waals surface area contributed by atoms with Crippen LogP contribution in [0.2, 0.25) is 0 Å². The van der Waals surface area contributed by atoms with Gasteiger partial charge in [-0.15, -0.1) is 0 Å². The van der Waals surface area contributed by atoms with Crippen LogP contribution in [0.25, 0.3) is 0 Å². The molecule has 4 heteroatoms. The SMILES string of the molecule is O=C(O)C1OC=C(Cc2ccccc2)O1. The fraction of sp³-hybridized carbons (Fsp3) is 0.182. The molecule has 0 saturated heterocycles. The second-order valence-electron chi connectivity index (χ2n) is 3.17. The molecule has 0 radical (unpaired) electrons. The van der Waals surface area contributed by atoms with Gasteiger partial charge in [-0.1, -0.05) is 30.3 Å². The lowest BCUT2D eigenvalue weighted by atomic mass is 10.1. The normalized spacial score (nSPS) is 18.9. The number of benzene rings is 1. The molecule has 15 heavy (non-hydrogen) atoms. The minimum Gasteiger partial charge on any atom is -0.476 e. The molecular formula is C11H10O4. The maximum Gasteiger partial charge on any atom is 0.387 e. The van der Waals surface area contributed by atoms with E-state index in [2.05, 4.69) is 0 Å². The van der Waals surface area contributed by atoms with Crippen LogP contribution in [0.15, 0.2) is 42.4 Å². The van der Waals surface area contributed by atoms with Crippen LogP contribution in [0.3, 0.4) is 0 Å². The van der Waals surface area contributed by atoms with Crippen molar-refractivity contribution >= 4 is 5.97 Å². The van der Waals surface area contributed by atoms with Crippen LogP contribution in [-0.4, -0.2) is 17.4 Å². The van der Waals surface area contributed by atoms with Crippen LogP contribution in [0.1, 0.15) is 5.56 Å². The molecule has 2 rings (SSSR count). The first kappa shape index (κ1) is 9.58. The predicted molar refractivity (Wildman–Crippen MR) is 51.8 cm³/mol. The summed E-state index contributed by atoms with van der Waals surface area (Å²) >= 11 is 0. The number of hydrogen-bond donors (Lipinski definition) is 1. The number of hydrogen-bond acceptors (Lipinski definition) is 3. The Morgan fingerprint density at radius 1 is 1.33 bits per heavy atom. The Morgan fingerprint density at radius 2 is 2.07 bits per heavy atom. The number of ether oxygens (including phenoxy) is 2. The lowest BCUT2D eigenvalue weighted by Gasteiger charge is -2.06. The molecule has 1 atom stereocenters. The molecule has 1 aliphatic heterocycles. The fourth-order valence-corrected chi connectivity index (χ4v) is 1.32. The largest absolute Gasteiger partial charge is 0.476 e. The molecule has 1 unspecified atom stereocenters. The third kappa shape index (κ3) is 2.28. The minimum absolute atomic E-state index is 0.536. The summed E-state index contributed by atoms with van der Waals surface area (Å²) in [6.45, 7) is 0. The van der Waals surface area contributed by atoms with Crippen molar-refractivity contribution in [3.05, 3.63) is 47.9 Å². The molecular weight excluding hydrogens is 196 g/mol. The highest BCUT2D eigenvalue weighted by Crippen LogP contribution is 2.18. The zero-order valence-electron chi connectivity index (χ0n) is 7.92. The highest BCUT2D eigenvalue weighted by molar-refractivity contribution is 5.71. The predicted octanol–water partition coefficient (Wildman–Crippen LogP) is 1.53. The lowest BCUT2D eigenvalue weighted by molar-refractivity contribution is -0.163. The number of carboxylic acid groups (broad SMARTS) is 1. The van der Waals surface area contributed by atoms with Crippen molar-refractivity contribution in [1.29, 1.82) is 0 Å². The molecule has 0 bridgehead atoms. The standard InChI is InChI=1S/C11H10O4/c12-10(13)11-14-7-9(15-11)6-8-4-2-1-3-5-8/h1-5,7,11H,6H2,(H,12,13). The van der Waals surface area contributed by atoms with E-state index in [-0.39, 0.29) is 0 Å². The van der Waals surface area contributed by atoms with Crippen molar-refractivity contribution in [3.8, 4) is 0 Å². The number of carboxylic acids is 1. The molecule has 4 nitrogen and oxygen atoms in total. The topological polar surface area (TPSA) is 55.8 Å². The number of aliphatic carboxylic acids is 1. The molecule has 0 aliphatic carbocycles. The molecule has 1 heterocycles. The second-order valence-corrected chi connectivity index (χ2v) is 3.17. The number of carbonyl (C=O) groups is 1. The first-order valence-electron chi connectivity index (χ1n) is 4.53. The van der Waals surface area contributed by atoms with E-state index in [1.165, 1.54) is 6.26 Å². The number of rotatable bonds is 3. The van der Waals surface area contributed by atoms with Gasteiger partial charge < -0.3 is 14.6 Å². The molecule has 0 fully saturated rings. The molecule has 0 spiro atoms. The van der Waals surface area contributed by atoms with Gasteiger partial charge in [-0.2, -0.15) is 0 Å². The van der Waals surface area contributed by atoms with Gasteiger partial charge in [0.05, 0.1) is 0 Å².